The molecule has 1 aromatic rings. The van der Waals surface area contributed by atoms with E-state index in [0.717, 1.165) is 31.3 Å². The number of hydrogen-bond donors (Lipinski definition) is 1. The van der Waals surface area contributed by atoms with Gasteiger partial charge in [-0.2, -0.15) is 0 Å². The number of aryl methyl sites for hydroxylation is 1. The smallest absolute Gasteiger partial charge is 0.149 e. The van der Waals surface area contributed by atoms with Crippen LogP contribution in [0.4, 0.5) is 0 Å². The van der Waals surface area contributed by atoms with E-state index in [1.54, 1.807) is 0 Å². The molecule has 4 nitrogen and oxygen atoms in total. The van der Waals surface area contributed by atoms with Gasteiger partial charge in [0.15, 0.2) is 0 Å². The minimum Gasteiger partial charge on any atom is -0.314 e. The number of rotatable bonds is 4. The summed E-state index contributed by atoms with van der Waals surface area (Å²) < 4.78 is 2.29. The van der Waals surface area contributed by atoms with Crippen molar-refractivity contribution in [1.29, 1.82) is 0 Å². The average Bonchev–Trinajstić information content (AvgIpc) is 2.99. The lowest BCUT2D eigenvalue weighted by molar-refractivity contribution is 0.404. The van der Waals surface area contributed by atoms with E-state index < -0.39 is 0 Å². The summed E-state index contributed by atoms with van der Waals surface area (Å²) >= 11 is 0. The summed E-state index contributed by atoms with van der Waals surface area (Å²) in [5.41, 5.74) is 0. The number of aromatic nitrogens is 3. The van der Waals surface area contributed by atoms with E-state index >= 15 is 0 Å². The Hall–Kier alpha value is -1.16. The first-order chi connectivity index (χ1) is 8.84. The zero-order valence-corrected chi connectivity index (χ0v) is 11.1. The van der Waals surface area contributed by atoms with Gasteiger partial charge in [-0.3, -0.25) is 0 Å². The molecule has 0 amide bonds. The molecule has 0 saturated heterocycles. The van der Waals surface area contributed by atoms with Gasteiger partial charge >= 0.3 is 0 Å². The summed E-state index contributed by atoms with van der Waals surface area (Å²) in [6.07, 6.45) is 10.7. The SMILES string of the molecule is CC(NCC1CC=CCC1)c1nnc2n1CCC2. The second-order valence-corrected chi connectivity index (χ2v) is 5.51. The third-order valence-corrected chi connectivity index (χ3v) is 4.12. The molecule has 1 N–H and O–H groups in total. The molecule has 0 fully saturated rings. The van der Waals surface area contributed by atoms with Crippen molar-refractivity contribution in [3.8, 4) is 0 Å². The zero-order valence-electron chi connectivity index (χ0n) is 11.1. The zero-order chi connectivity index (χ0) is 12.4. The fraction of sp³-hybridized carbons (Fsp3) is 0.714. The summed E-state index contributed by atoms with van der Waals surface area (Å²) in [6, 6.07) is 0.315. The maximum Gasteiger partial charge on any atom is 0.149 e. The van der Waals surface area contributed by atoms with Crippen molar-refractivity contribution in [2.24, 2.45) is 5.92 Å². The molecular weight excluding hydrogens is 224 g/mol. The third kappa shape index (κ3) is 2.34. The molecule has 0 saturated carbocycles. The molecule has 2 unspecified atom stereocenters. The Balaban J connectivity index is 1.57. The molecular formula is C14H22N4. The molecule has 98 valence electrons. The van der Waals surface area contributed by atoms with Gasteiger partial charge in [0.2, 0.25) is 0 Å². The second-order valence-electron chi connectivity index (χ2n) is 5.51. The van der Waals surface area contributed by atoms with Crippen LogP contribution in [-0.4, -0.2) is 21.3 Å². The maximum atomic E-state index is 4.34. The van der Waals surface area contributed by atoms with Gasteiger partial charge in [0.05, 0.1) is 6.04 Å². The number of fused-ring (bicyclic) bond motifs is 1. The van der Waals surface area contributed by atoms with Crippen LogP contribution in [-0.2, 0) is 13.0 Å². The molecule has 0 spiro atoms. The standard InChI is InChI=1S/C14H22N4/c1-11(15-10-12-6-3-2-4-7-12)14-17-16-13-8-5-9-18(13)14/h2-3,11-12,15H,4-10H2,1H3. The number of allylic oxidation sites excluding steroid dienone is 2. The molecule has 18 heavy (non-hydrogen) atoms. The van der Waals surface area contributed by atoms with Crippen LogP contribution < -0.4 is 5.32 Å². The van der Waals surface area contributed by atoms with Crippen LogP contribution in [0.15, 0.2) is 12.2 Å². The summed E-state index contributed by atoms with van der Waals surface area (Å²) in [5, 5.41) is 12.2. The molecule has 4 heteroatoms. The van der Waals surface area contributed by atoms with Gasteiger partial charge < -0.3 is 9.88 Å². The lowest BCUT2D eigenvalue weighted by Crippen LogP contribution is -2.28. The number of nitrogens with zero attached hydrogens (tertiary/aromatic N) is 3. The van der Waals surface area contributed by atoms with Crippen molar-refractivity contribution in [3.63, 3.8) is 0 Å². The van der Waals surface area contributed by atoms with Crippen molar-refractivity contribution in [1.82, 2.24) is 20.1 Å². The van der Waals surface area contributed by atoms with Crippen LogP contribution in [0.3, 0.4) is 0 Å². The van der Waals surface area contributed by atoms with Gasteiger partial charge in [0.1, 0.15) is 11.6 Å². The van der Waals surface area contributed by atoms with Crippen molar-refractivity contribution < 1.29 is 0 Å². The molecule has 2 aliphatic rings. The highest BCUT2D eigenvalue weighted by molar-refractivity contribution is 5.04. The Labute approximate surface area is 108 Å². The molecule has 1 aliphatic carbocycles. The first-order valence-electron chi connectivity index (χ1n) is 7.15. The van der Waals surface area contributed by atoms with E-state index in [1.807, 2.05) is 0 Å². The van der Waals surface area contributed by atoms with Crippen LogP contribution in [0, 0.1) is 5.92 Å². The van der Waals surface area contributed by atoms with Gasteiger partial charge in [-0.25, -0.2) is 0 Å². The highest BCUT2D eigenvalue weighted by Gasteiger charge is 2.21. The van der Waals surface area contributed by atoms with Crippen LogP contribution >= 0.6 is 0 Å². The van der Waals surface area contributed by atoms with Crippen molar-refractivity contribution >= 4 is 0 Å². The van der Waals surface area contributed by atoms with Crippen LogP contribution in [0.2, 0.25) is 0 Å². The van der Waals surface area contributed by atoms with E-state index in [9.17, 15) is 0 Å². The van der Waals surface area contributed by atoms with Gasteiger partial charge in [-0.15, -0.1) is 10.2 Å². The average molecular weight is 246 g/mol. The van der Waals surface area contributed by atoms with E-state index in [2.05, 4.69) is 39.2 Å². The predicted molar refractivity (Wildman–Crippen MR) is 71.2 cm³/mol. The minimum absolute atomic E-state index is 0.315. The fourth-order valence-electron chi connectivity index (χ4n) is 2.97. The van der Waals surface area contributed by atoms with Crippen molar-refractivity contribution in [2.75, 3.05) is 6.54 Å². The molecule has 0 aromatic carbocycles. The fourth-order valence-corrected chi connectivity index (χ4v) is 2.97. The van der Waals surface area contributed by atoms with Crippen molar-refractivity contribution in [2.45, 2.75) is 51.6 Å². The predicted octanol–water partition coefficient (Wildman–Crippen LogP) is 2.23. The van der Waals surface area contributed by atoms with E-state index in [-0.39, 0.29) is 0 Å². The maximum absolute atomic E-state index is 4.34. The summed E-state index contributed by atoms with van der Waals surface area (Å²) in [7, 11) is 0. The van der Waals surface area contributed by atoms with Crippen LogP contribution in [0.5, 0.6) is 0 Å². The molecule has 3 rings (SSSR count). The van der Waals surface area contributed by atoms with E-state index in [1.165, 1.54) is 31.5 Å². The molecule has 1 aromatic heterocycles. The van der Waals surface area contributed by atoms with Crippen molar-refractivity contribution in [3.05, 3.63) is 23.8 Å². The van der Waals surface area contributed by atoms with Gasteiger partial charge in [0.25, 0.3) is 0 Å². The highest BCUT2D eigenvalue weighted by Crippen LogP contribution is 2.21. The van der Waals surface area contributed by atoms with Crippen LogP contribution in [0.1, 0.15) is 50.3 Å². The Kier molecular flexibility index (Phi) is 3.46. The molecule has 2 atom stereocenters. The monoisotopic (exact) mass is 246 g/mol. The first kappa shape index (κ1) is 11.9. The van der Waals surface area contributed by atoms with Gasteiger partial charge in [-0.1, -0.05) is 12.2 Å². The van der Waals surface area contributed by atoms with Gasteiger partial charge in [-0.05, 0) is 45.1 Å². The Morgan fingerprint density at radius 3 is 3.22 bits per heavy atom. The quantitative estimate of drug-likeness (QED) is 0.828. The largest absolute Gasteiger partial charge is 0.314 e. The summed E-state index contributed by atoms with van der Waals surface area (Å²) in [6.45, 7) is 4.39. The Bertz CT molecular complexity index is 435. The lowest BCUT2D eigenvalue weighted by Gasteiger charge is -2.21. The molecule has 1 aliphatic heterocycles. The topological polar surface area (TPSA) is 42.7 Å². The third-order valence-electron chi connectivity index (χ3n) is 4.12. The number of hydrogen-bond acceptors (Lipinski definition) is 3. The molecule has 0 radical (unpaired) electrons. The minimum atomic E-state index is 0.315. The van der Waals surface area contributed by atoms with Crippen LogP contribution in [0.25, 0.3) is 0 Å². The summed E-state index contributed by atoms with van der Waals surface area (Å²) in [5.74, 6) is 3.08. The normalized spacial score (nSPS) is 24.2. The van der Waals surface area contributed by atoms with E-state index in [4.69, 9.17) is 0 Å². The molecule has 2 heterocycles. The van der Waals surface area contributed by atoms with E-state index in [0.29, 0.717) is 6.04 Å². The molecule has 0 bridgehead atoms. The lowest BCUT2D eigenvalue weighted by atomic mass is 9.94. The first-order valence-corrected chi connectivity index (χ1v) is 7.15. The number of nitrogens with one attached hydrogen (secondary N) is 1. The summed E-state index contributed by atoms with van der Waals surface area (Å²) in [4.78, 5) is 0. The Morgan fingerprint density at radius 2 is 2.39 bits per heavy atom. The highest BCUT2D eigenvalue weighted by atomic mass is 15.3. The second kappa shape index (κ2) is 5.22. The Morgan fingerprint density at radius 1 is 1.44 bits per heavy atom. The van der Waals surface area contributed by atoms with Gasteiger partial charge in [0, 0.05) is 13.0 Å².